The number of nitrogens with one attached hydrogen (secondary N) is 1. The Morgan fingerprint density at radius 1 is 0.967 bits per heavy atom. The maximum Gasteiger partial charge on any atom is 0.343 e. The monoisotopic (exact) mass is 442 g/mol. The number of ether oxygens (including phenoxy) is 2. The minimum atomic E-state index is -0.547. The molecular formula is C22H16Cl2N2O4. The molecule has 3 aromatic carbocycles. The summed E-state index contributed by atoms with van der Waals surface area (Å²) >= 11 is 12.1. The zero-order chi connectivity index (χ0) is 21.5. The number of hydrazone groups is 1. The van der Waals surface area contributed by atoms with Gasteiger partial charge in [0.05, 0.1) is 23.9 Å². The van der Waals surface area contributed by atoms with Gasteiger partial charge in [-0.3, -0.25) is 4.79 Å². The molecule has 0 aromatic heterocycles. The number of halogens is 2. The van der Waals surface area contributed by atoms with Gasteiger partial charge >= 0.3 is 5.97 Å². The number of esters is 1. The van der Waals surface area contributed by atoms with E-state index >= 15 is 0 Å². The first-order chi connectivity index (χ1) is 14.5. The molecular weight excluding hydrogens is 427 g/mol. The van der Waals surface area contributed by atoms with Crippen LogP contribution < -0.4 is 14.9 Å². The van der Waals surface area contributed by atoms with Crippen LogP contribution in [-0.4, -0.2) is 25.2 Å². The molecule has 0 bridgehead atoms. The van der Waals surface area contributed by atoms with E-state index < -0.39 is 11.9 Å². The zero-order valence-corrected chi connectivity index (χ0v) is 17.3. The fourth-order valence-electron chi connectivity index (χ4n) is 2.43. The number of rotatable bonds is 6. The Morgan fingerprint density at radius 3 is 2.40 bits per heavy atom. The topological polar surface area (TPSA) is 77.0 Å². The quantitative estimate of drug-likeness (QED) is 0.252. The average Bonchev–Trinajstić information content (AvgIpc) is 2.75. The minimum Gasteiger partial charge on any atom is -0.497 e. The first-order valence-electron chi connectivity index (χ1n) is 8.71. The lowest BCUT2D eigenvalue weighted by Gasteiger charge is -2.07. The molecule has 152 valence electrons. The third-order valence-corrected chi connectivity index (χ3v) is 4.48. The maximum atomic E-state index is 12.3. The molecule has 0 saturated heterocycles. The first kappa shape index (κ1) is 21.4. The highest BCUT2D eigenvalue weighted by atomic mass is 35.5. The summed E-state index contributed by atoms with van der Waals surface area (Å²) in [6.07, 6.45) is 1.42. The van der Waals surface area contributed by atoms with E-state index in [4.69, 9.17) is 32.7 Å². The van der Waals surface area contributed by atoms with E-state index in [0.29, 0.717) is 27.5 Å². The predicted octanol–water partition coefficient (Wildman–Crippen LogP) is 4.99. The lowest BCUT2D eigenvalue weighted by Crippen LogP contribution is -2.17. The summed E-state index contributed by atoms with van der Waals surface area (Å²) in [6, 6.07) is 17.8. The van der Waals surface area contributed by atoms with Gasteiger partial charge < -0.3 is 9.47 Å². The van der Waals surface area contributed by atoms with Gasteiger partial charge in [-0.25, -0.2) is 10.2 Å². The molecule has 0 unspecified atom stereocenters. The van der Waals surface area contributed by atoms with Gasteiger partial charge in [0.1, 0.15) is 11.5 Å². The molecule has 1 N–H and O–H groups in total. The third-order valence-electron chi connectivity index (χ3n) is 3.95. The Balaban J connectivity index is 1.62. The van der Waals surface area contributed by atoms with Crippen LogP contribution in [0.1, 0.15) is 26.3 Å². The number of benzene rings is 3. The Hall–Kier alpha value is -3.35. The Labute approximate surface area is 183 Å². The van der Waals surface area contributed by atoms with Gasteiger partial charge in [-0.05, 0) is 66.2 Å². The van der Waals surface area contributed by atoms with Gasteiger partial charge in [-0.15, -0.1) is 0 Å². The fraction of sp³-hybridized carbons (Fsp3) is 0.0455. The molecule has 0 atom stereocenters. The highest BCUT2D eigenvalue weighted by Gasteiger charge is 2.12. The van der Waals surface area contributed by atoms with Crippen LogP contribution in [0.2, 0.25) is 10.0 Å². The van der Waals surface area contributed by atoms with Crippen molar-refractivity contribution in [3.05, 3.63) is 93.5 Å². The summed E-state index contributed by atoms with van der Waals surface area (Å²) in [7, 11) is 1.54. The molecule has 0 aliphatic carbocycles. The molecule has 0 radical (unpaired) electrons. The largest absolute Gasteiger partial charge is 0.497 e. The van der Waals surface area contributed by atoms with E-state index in [0.717, 1.165) is 0 Å². The molecule has 0 saturated carbocycles. The smallest absolute Gasteiger partial charge is 0.343 e. The van der Waals surface area contributed by atoms with E-state index in [2.05, 4.69) is 10.5 Å². The number of carbonyl (C=O) groups excluding carboxylic acids is 2. The molecule has 6 nitrogen and oxygen atoms in total. The zero-order valence-electron chi connectivity index (χ0n) is 15.8. The summed E-state index contributed by atoms with van der Waals surface area (Å²) < 4.78 is 10.4. The van der Waals surface area contributed by atoms with Crippen molar-refractivity contribution in [1.29, 1.82) is 0 Å². The van der Waals surface area contributed by atoms with Crippen LogP contribution in [0.5, 0.6) is 11.5 Å². The molecule has 1 amide bonds. The maximum absolute atomic E-state index is 12.3. The van der Waals surface area contributed by atoms with E-state index in [9.17, 15) is 9.59 Å². The second-order valence-electron chi connectivity index (χ2n) is 6.02. The van der Waals surface area contributed by atoms with Crippen molar-refractivity contribution in [3.8, 4) is 11.5 Å². The second-order valence-corrected chi connectivity index (χ2v) is 6.86. The van der Waals surface area contributed by atoms with E-state index in [1.807, 2.05) is 0 Å². The van der Waals surface area contributed by atoms with Crippen molar-refractivity contribution in [3.63, 3.8) is 0 Å². The van der Waals surface area contributed by atoms with Crippen LogP contribution >= 0.6 is 23.2 Å². The standard InChI is InChI=1S/C22H16Cl2N2O4/c1-29-18-8-6-15(7-9-18)22(28)30-20-10-5-14(11-19(20)24)13-25-26-21(27)16-3-2-4-17(23)12-16/h2-13H,1H3,(H,26,27)/b25-13-. The lowest BCUT2D eigenvalue weighted by atomic mass is 10.2. The Morgan fingerprint density at radius 2 is 1.73 bits per heavy atom. The van der Waals surface area contributed by atoms with Crippen LogP contribution in [0.25, 0.3) is 0 Å². The van der Waals surface area contributed by atoms with Crippen LogP contribution in [0.4, 0.5) is 0 Å². The molecule has 30 heavy (non-hydrogen) atoms. The molecule has 3 aromatic rings. The molecule has 0 spiro atoms. The van der Waals surface area contributed by atoms with Crippen molar-refractivity contribution in [2.45, 2.75) is 0 Å². The Bertz CT molecular complexity index is 1100. The summed E-state index contributed by atoms with van der Waals surface area (Å²) in [5.74, 6) is -0.104. The van der Waals surface area contributed by atoms with Crippen molar-refractivity contribution >= 4 is 41.3 Å². The summed E-state index contributed by atoms with van der Waals surface area (Å²) in [6.45, 7) is 0. The van der Waals surface area contributed by atoms with Crippen LogP contribution in [-0.2, 0) is 0 Å². The van der Waals surface area contributed by atoms with Crippen LogP contribution in [0.3, 0.4) is 0 Å². The molecule has 8 heteroatoms. The number of amides is 1. The Kier molecular flexibility index (Phi) is 7.06. The number of nitrogens with zero attached hydrogens (tertiary/aromatic N) is 1. The minimum absolute atomic E-state index is 0.206. The van der Waals surface area contributed by atoms with Gasteiger partial charge in [0.25, 0.3) is 5.91 Å². The number of hydrogen-bond donors (Lipinski definition) is 1. The number of hydrogen-bond acceptors (Lipinski definition) is 5. The van der Waals surface area contributed by atoms with Gasteiger partial charge in [-0.1, -0.05) is 29.3 Å². The van der Waals surface area contributed by atoms with Crippen molar-refractivity contribution in [1.82, 2.24) is 5.43 Å². The fourth-order valence-corrected chi connectivity index (χ4v) is 2.84. The third kappa shape index (κ3) is 5.59. The average molecular weight is 443 g/mol. The molecule has 0 aliphatic heterocycles. The van der Waals surface area contributed by atoms with Crippen molar-refractivity contribution in [2.75, 3.05) is 7.11 Å². The van der Waals surface area contributed by atoms with E-state index in [-0.39, 0.29) is 10.8 Å². The van der Waals surface area contributed by atoms with Crippen LogP contribution in [0.15, 0.2) is 71.8 Å². The highest BCUT2D eigenvalue weighted by Crippen LogP contribution is 2.26. The SMILES string of the molecule is COc1ccc(C(=O)Oc2ccc(/C=N\NC(=O)c3cccc(Cl)c3)cc2Cl)cc1. The van der Waals surface area contributed by atoms with Gasteiger partial charge in [0, 0.05) is 10.6 Å². The summed E-state index contributed by atoms with van der Waals surface area (Å²) in [5.41, 5.74) is 3.76. The highest BCUT2D eigenvalue weighted by molar-refractivity contribution is 6.32. The van der Waals surface area contributed by atoms with Gasteiger partial charge in [-0.2, -0.15) is 5.10 Å². The number of carbonyl (C=O) groups is 2. The molecule has 0 fully saturated rings. The molecule has 3 rings (SSSR count). The van der Waals surface area contributed by atoms with Crippen LogP contribution in [0, 0.1) is 0 Å². The second kappa shape index (κ2) is 9.91. The van der Waals surface area contributed by atoms with Gasteiger partial charge in [0.2, 0.25) is 0 Å². The molecule has 0 heterocycles. The van der Waals surface area contributed by atoms with Crippen molar-refractivity contribution < 1.29 is 19.1 Å². The first-order valence-corrected chi connectivity index (χ1v) is 9.46. The normalized spacial score (nSPS) is 10.6. The number of methoxy groups -OCH3 is 1. The molecule has 0 aliphatic rings. The summed E-state index contributed by atoms with van der Waals surface area (Å²) in [5, 5.41) is 4.58. The van der Waals surface area contributed by atoms with E-state index in [1.165, 1.54) is 12.3 Å². The lowest BCUT2D eigenvalue weighted by molar-refractivity contribution is 0.0734. The van der Waals surface area contributed by atoms with Gasteiger partial charge in [0.15, 0.2) is 0 Å². The van der Waals surface area contributed by atoms with E-state index in [1.54, 1.807) is 67.8 Å². The summed E-state index contributed by atoms with van der Waals surface area (Å²) in [4.78, 5) is 24.3. The van der Waals surface area contributed by atoms with Crippen molar-refractivity contribution in [2.24, 2.45) is 5.10 Å². The predicted molar refractivity (Wildman–Crippen MR) is 116 cm³/mol.